The van der Waals surface area contributed by atoms with Crippen LogP contribution in [0.1, 0.15) is 25.3 Å². The van der Waals surface area contributed by atoms with E-state index in [1.165, 1.54) is 0 Å². The lowest BCUT2D eigenvalue weighted by atomic mass is 10.1. The Kier molecular flexibility index (Phi) is 4.62. The van der Waals surface area contributed by atoms with Crippen LogP contribution in [0.3, 0.4) is 0 Å². The molecule has 0 aliphatic heterocycles. The third-order valence-electron chi connectivity index (χ3n) is 2.42. The van der Waals surface area contributed by atoms with Gasteiger partial charge in [0.15, 0.2) is 0 Å². The largest absolute Gasteiger partial charge is 0.480 e. The Bertz CT molecular complexity index is 359. The van der Waals surface area contributed by atoms with Gasteiger partial charge in [-0.25, -0.2) is 4.79 Å². The van der Waals surface area contributed by atoms with Crippen LogP contribution in [0.15, 0.2) is 18.2 Å². The van der Waals surface area contributed by atoms with Crippen molar-refractivity contribution in [1.29, 1.82) is 0 Å². The second kappa shape index (κ2) is 5.75. The number of hydrogen-bond donors (Lipinski definition) is 2. The van der Waals surface area contributed by atoms with Crippen molar-refractivity contribution in [2.24, 2.45) is 0 Å². The molecular formula is C12H16ClNO2. The number of carboxylic acids is 1. The van der Waals surface area contributed by atoms with Gasteiger partial charge in [-0.2, -0.15) is 0 Å². The SMILES string of the molecule is CCCC(Nc1c(C)cccc1Cl)C(=O)O. The maximum atomic E-state index is 11.0. The van der Waals surface area contributed by atoms with Crippen molar-refractivity contribution in [3.8, 4) is 0 Å². The molecule has 0 heterocycles. The average molecular weight is 242 g/mol. The van der Waals surface area contributed by atoms with Gasteiger partial charge in [-0.3, -0.25) is 0 Å². The van der Waals surface area contributed by atoms with Crippen LogP contribution in [0, 0.1) is 6.92 Å². The van der Waals surface area contributed by atoms with Crippen LogP contribution in [0.2, 0.25) is 5.02 Å². The molecule has 0 bridgehead atoms. The van der Waals surface area contributed by atoms with Crippen molar-refractivity contribution in [2.45, 2.75) is 32.7 Å². The van der Waals surface area contributed by atoms with Gasteiger partial charge in [-0.05, 0) is 25.0 Å². The van der Waals surface area contributed by atoms with E-state index in [1.807, 2.05) is 26.0 Å². The van der Waals surface area contributed by atoms with E-state index < -0.39 is 12.0 Å². The molecule has 2 N–H and O–H groups in total. The van der Waals surface area contributed by atoms with E-state index >= 15 is 0 Å². The lowest BCUT2D eigenvalue weighted by Crippen LogP contribution is -2.29. The quantitative estimate of drug-likeness (QED) is 0.832. The highest BCUT2D eigenvalue weighted by Gasteiger charge is 2.17. The van der Waals surface area contributed by atoms with Gasteiger partial charge in [-0.1, -0.05) is 37.1 Å². The summed E-state index contributed by atoms with van der Waals surface area (Å²) < 4.78 is 0. The number of anilines is 1. The number of carbonyl (C=O) groups is 1. The number of aryl methyl sites for hydroxylation is 1. The Morgan fingerprint density at radius 1 is 1.56 bits per heavy atom. The first kappa shape index (κ1) is 12.8. The van der Waals surface area contributed by atoms with E-state index in [4.69, 9.17) is 16.7 Å². The number of halogens is 1. The zero-order chi connectivity index (χ0) is 12.1. The van der Waals surface area contributed by atoms with Crippen LogP contribution in [-0.2, 0) is 4.79 Å². The number of benzene rings is 1. The van der Waals surface area contributed by atoms with Crippen molar-refractivity contribution in [2.75, 3.05) is 5.32 Å². The van der Waals surface area contributed by atoms with Crippen LogP contribution >= 0.6 is 11.6 Å². The van der Waals surface area contributed by atoms with Crippen LogP contribution in [-0.4, -0.2) is 17.1 Å². The Morgan fingerprint density at radius 2 is 2.25 bits per heavy atom. The smallest absolute Gasteiger partial charge is 0.326 e. The Hall–Kier alpha value is -1.22. The molecule has 0 aromatic heterocycles. The summed E-state index contributed by atoms with van der Waals surface area (Å²) in [5.74, 6) is -0.846. The molecular weight excluding hydrogens is 226 g/mol. The number of para-hydroxylation sites is 1. The molecule has 88 valence electrons. The van der Waals surface area contributed by atoms with Crippen molar-refractivity contribution in [3.63, 3.8) is 0 Å². The van der Waals surface area contributed by atoms with Gasteiger partial charge in [0.05, 0.1) is 10.7 Å². The highest BCUT2D eigenvalue weighted by molar-refractivity contribution is 6.33. The fourth-order valence-corrected chi connectivity index (χ4v) is 1.81. The highest BCUT2D eigenvalue weighted by Crippen LogP contribution is 2.26. The van der Waals surface area contributed by atoms with E-state index in [1.54, 1.807) is 6.07 Å². The second-order valence-corrected chi connectivity index (χ2v) is 4.16. The number of carboxylic acid groups (broad SMARTS) is 1. The van der Waals surface area contributed by atoms with Gasteiger partial charge in [0, 0.05) is 0 Å². The topological polar surface area (TPSA) is 49.3 Å². The lowest BCUT2D eigenvalue weighted by Gasteiger charge is -2.17. The third kappa shape index (κ3) is 3.14. The van der Waals surface area contributed by atoms with E-state index in [-0.39, 0.29) is 0 Å². The van der Waals surface area contributed by atoms with E-state index in [0.29, 0.717) is 17.1 Å². The molecule has 3 nitrogen and oxygen atoms in total. The molecule has 1 aromatic rings. The van der Waals surface area contributed by atoms with Gasteiger partial charge in [0.2, 0.25) is 0 Å². The number of hydrogen-bond acceptors (Lipinski definition) is 2. The van der Waals surface area contributed by atoms with Crippen molar-refractivity contribution >= 4 is 23.3 Å². The Morgan fingerprint density at radius 3 is 2.75 bits per heavy atom. The molecule has 1 unspecified atom stereocenters. The molecule has 0 fully saturated rings. The van der Waals surface area contributed by atoms with Crippen LogP contribution in [0.5, 0.6) is 0 Å². The molecule has 0 spiro atoms. The van der Waals surface area contributed by atoms with Gasteiger partial charge >= 0.3 is 5.97 Å². The summed E-state index contributed by atoms with van der Waals surface area (Å²) in [6.45, 7) is 3.86. The van der Waals surface area contributed by atoms with Crippen molar-refractivity contribution in [3.05, 3.63) is 28.8 Å². The van der Waals surface area contributed by atoms with E-state index in [9.17, 15) is 4.79 Å². The lowest BCUT2D eigenvalue weighted by molar-refractivity contribution is -0.138. The van der Waals surface area contributed by atoms with E-state index in [2.05, 4.69) is 5.32 Å². The van der Waals surface area contributed by atoms with Gasteiger partial charge in [-0.15, -0.1) is 0 Å². The van der Waals surface area contributed by atoms with Crippen LogP contribution < -0.4 is 5.32 Å². The third-order valence-corrected chi connectivity index (χ3v) is 2.73. The van der Waals surface area contributed by atoms with Crippen molar-refractivity contribution < 1.29 is 9.90 Å². The summed E-state index contributed by atoms with van der Waals surface area (Å²) in [4.78, 5) is 11.0. The molecule has 0 amide bonds. The normalized spacial score (nSPS) is 12.2. The molecule has 1 atom stereocenters. The predicted octanol–water partition coefficient (Wildman–Crippen LogP) is 3.31. The molecule has 16 heavy (non-hydrogen) atoms. The fourth-order valence-electron chi connectivity index (χ4n) is 1.54. The fraction of sp³-hybridized carbons (Fsp3) is 0.417. The van der Waals surface area contributed by atoms with E-state index in [0.717, 1.165) is 12.0 Å². The van der Waals surface area contributed by atoms with Crippen LogP contribution in [0.25, 0.3) is 0 Å². The monoisotopic (exact) mass is 241 g/mol. The second-order valence-electron chi connectivity index (χ2n) is 3.76. The zero-order valence-corrected chi connectivity index (χ0v) is 10.2. The number of nitrogens with one attached hydrogen (secondary N) is 1. The molecule has 0 aliphatic carbocycles. The first-order valence-electron chi connectivity index (χ1n) is 5.30. The summed E-state index contributed by atoms with van der Waals surface area (Å²) in [6.07, 6.45) is 1.40. The molecule has 0 radical (unpaired) electrons. The predicted molar refractivity (Wildman–Crippen MR) is 66.1 cm³/mol. The highest BCUT2D eigenvalue weighted by atomic mass is 35.5. The summed E-state index contributed by atoms with van der Waals surface area (Å²) in [5, 5.41) is 12.6. The standard InChI is InChI=1S/C12H16ClNO2/c1-3-5-10(12(15)16)14-11-8(2)6-4-7-9(11)13/h4,6-7,10,14H,3,5H2,1-2H3,(H,15,16). The summed E-state index contributed by atoms with van der Waals surface area (Å²) in [7, 11) is 0. The molecule has 0 saturated heterocycles. The summed E-state index contributed by atoms with van der Waals surface area (Å²) >= 11 is 6.02. The molecule has 1 aromatic carbocycles. The maximum Gasteiger partial charge on any atom is 0.326 e. The Labute approximate surface area is 100 Å². The first-order chi connectivity index (χ1) is 7.56. The molecule has 4 heteroatoms. The average Bonchev–Trinajstić information content (AvgIpc) is 2.21. The van der Waals surface area contributed by atoms with Crippen molar-refractivity contribution in [1.82, 2.24) is 0 Å². The van der Waals surface area contributed by atoms with Gasteiger partial charge in [0.25, 0.3) is 0 Å². The maximum absolute atomic E-state index is 11.0. The summed E-state index contributed by atoms with van der Waals surface area (Å²) in [6, 6.07) is 4.92. The number of rotatable bonds is 5. The first-order valence-corrected chi connectivity index (χ1v) is 5.68. The van der Waals surface area contributed by atoms with Gasteiger partial charge < -0.3 is 10.4 Å². The minimum atomic E-state index is -0.846. The minimum absolute atomic E-state index is 0.558. The zero-order valence-electron chi connectivity index (χ0n) is 9.46. The van der Waals surface area contributed by atoms with Gasteiger partial charge in [0.1, 0.15) is 6.04 Å². The molecule has 0 aliphatic rings. The summed E-state index contributed by atoms with van der Waals surface area (Å²) in [5.41, 5.74) is 1.67. The number of aliphatic carboxylic acids is 1. The Balaban J connectivity index is 2.89. The molecule has 0 saturated carbocycles. The minimum Gasteiger partial charge on any atom is -0.480 e. The van der Waals surface area contributed by atoms with Crippen LogP contribution in [0.4, 0.5) is 5.69 Å². The molecule has 1 rings (SSSR count).